The van der Waals surface area contributed by atoms with Crippen molar-refractivity contribution in [1.82, 2.24) is 10.1 Å². The van der Waals surface area contributed by atoms with Gasteiger partial charge in [-0.25, -0.2) is 4.79 Å². The average Bonchev–Trinajstić information content (AvgIpc) is 2.74. The van der Waals surface area contributed by atoms with Crippen LogP contribution in [0.3, 0.4) is 0 Å². The molecule has 1 saturated heterocycles. The molecule has 6 nitrogen and oxygen atoms in total. The fraction of sp³-hybridized carbons (Fsp3) is 0.545. The molecule has 0 aromatic carbocycles. The second-order valence-electron chi connectivity index (χ2n) is 4.19. The Balaban J connectivity index is 2.23. The molecule has 0 aliphatic carbocycles. The Morgan fingerprint density at radius 1 is 1.53 bits per heavy atom. The molecular formula is C11H14N2O4. The van der Waals surface area contributed by atoms with Crippen LogP contribution >= 0.6 is 0 Å². The summed E-state index contributed by atoms with van der Waals surface area (Å²) in [6.45, 7) is 2.17. The Kier molecular flexibility index (Phi) is 3.12. The summed E-state index contributed by atoms with van der Waals surface area (Å²) in [5, 5.41) is 12.6. The van der Waals surface area contributed by atoms with E-state index >= 15 is 0 Å². The summed E-state index contributed by atoms with van der Waals surface area (Å²) in [5.74, 6) is -1.21. The Morgan fingerprint density at radius 3 is 2.88 bits per heavy atom. The Bertz CT molecular complexity index is 440. The first kappa shape index (κ1) is 11.6. The minimum absolute atomic E-state index is 0.137. The van der Waals surface area contributed by atoms with E-state index in [0.29, 0.717) is 18.5 Å². The minimum atomic E-state index is -0.963. The van der Waals surface area contributed by atoms with E-state index in [2.05, 4.69) is 5.16 Å². The van der Waals surface area contributed by atoms with Gasteiger partial charge in [-0.3, -0.25) is 4.79 Å². The van der Waals surface area contributed by atoms with Crippen molar-refractivity contribution in [3.05, 3.63) is 17.5 Å². The van der Waals surface area contributed by atoms with Gasteiger partial charge in [0.2, 0.25) is 5.76 Å². The monoisotopic (exact) mass is 238 g/mol. The Labute approximate surface area is 98.2 Å². The highest BCUT2D eigenvalue weighted by molar-refractivity contribution is 5.95. The zero-order valence-electron chi connectivity index (χ0n) is 9.55. The van der Waals surface area contributed by atoms with Gasteiger partial charge in [-0.1, -0.05) is 5.16 Å². The normalized spacial score (nSPS) is 20.3. The van der Waals surface area contributed by atoms with E-state index in [1.54, 1.807) is 6.92 Å². The van der Waals surface area contributed by atoms with Crippen LogP contribution in [0.1, 0.15) is 35.4 Å². The summed E-state index contributed by atoms with van der Waals surface area (Å²) >= 11 is 0. The number of aromatic nitrogens is 1. The van der Waals surface area contributed by atoms with Gasteiger partial charge in [-0.05, 0) is 26.2 Å². The van der Waals surface area contributed by atoms with E-state index in [1.165, 1.54) is 11.1 Å². The number of piperidine rings is 1. The number of carbonyl (C=O) groups is 2. The molecule has 1 aromatic heterocycles. The van der Waals surface area contributed by atoms with E-state index in [-0.39, 0.29) is 11.7 Å². The molecule has 2 heterocycles. The molecule has 1 aromatic rings. The van der Waals surface area contributed by atoms with Crippen LogP contribution in [-0.2, 0) is 4.79 Å². The quantitative estimate of drug-likeness (QED) is 0.832. The molecule has 92 valence electrons. The molecular weight excluding hydrogens is 224 g/mol. The third-order valence-electron chi connectivity index (χ3n) is 2.99. The highest BCUT2D eigenvalue weighted by Crippen LogP contribution is 2.21. The number of aliphatic carboxylic acids is 1. The fourth-order valence-corrected chi connectivity index (χ4v) is 2.06. The smallest absolute Gasteiger partial charge is 0.326 e. The van der Waals surface area contributed by atoms with Gasteiger partial charge in [-0.2, -0.15) is 0 Å². The molecule has 0 bridgehead atoms. The third-order valence-corrected chi connectivity index (χ3v) is 2.99. The van der Waals surface area contributed by atoms with Crippen molar-refractivity contribution in [3.63, 3.8) is 0 Å². The van der Waals surface area contributed by atoms with Gasteiger partial charge in [0, 0.05) is 12.1 Å². The summed E-state index contributed by atoms with van der Waals surface area (Å²) in [4.78, 5) is 24.6. The maximum absolute atomic E-state index is 12.1. The van der Waals surface area contributed by atoms with Gasteiger partial charge in [0.15, 0.2) is 0 Å². The number of carboxylic acids is 1. The molecule has 0 unspecified atom stereocenters. The van der Waals surface area contributed by atoms with Gasteiger partial charge in [0.25, 0.3) is 5.91 Å². The number of carbonyl (C=O) groups excluding carboxylic acids is 1. The SMILES string of the molecule is Cc1cnoc1C(=O)N1CCCC[C@H]1C(=O)O. The predicted molar refractivity (Wildman–Crippen MR) is 57.6 cm³/mol. The lowest BCUT2D eigenvalue weighted by Crippen LogP contribution is -2.48. The largest absolute Gasteiger partial charge is 0.480 e. The van der Waals surface area contributed by atoms with Crippen molar-refractivity contribution in [2.45, 2.75) is 32.2 Å². The summed E-state index contributed by atoms with van der Waals surface area (Å²) < 4.78 is 4.87. The van der Waals surface area contributed by atoms with E-state index in [9.17, 15) is 9.59 Å². The lowest BCUT2D eigenvalue weighted by atomic mass is 10.0. The number of hydrogen-bond donors (Lipinski definition) is 1. The number of nitrogens with zero attached hydrogens (tertiary/aromatic N) is 2. The number of amides is 1. The molecule has 1 amide bonds. The van der Waals surface area contributed by atoms with E-state index in [0.717, 1.165) is 12.8 Å². The zero-order valence-corrected chi connectivity index (χ0v) is 9.55. The molecule has 17 heavy (non-hydrogen) atoms. The van der Waals surface area contributed by atoms with Gasteiger partial charge in [-0.15, -0.1) is 0 Å². The average molecular weight is 238 g/mol. The molecule has 2 rings (SSSR count). The van der Waals surface area contributed by atoms with Gasteiger partial charge in [0.05, 0.1) is 6.20 Å². The van der Waals surface area contributed by atoms with Crippen molar-refractivity contribution in [3.8, 4) is 0 Å². The Morgan fingerprint density at radius 2 is 2.29 bits per heavy atom. The van der Waals surface area contributed by atoms with Gasteiger partial charge in [0.1, 0.15) is 6.04 Å². The van der Waals surface area contributed by atoms with Crippen LogP contribution in [-0.4, -0.2) is 39.6 Å². The van der Waals surface area contributed by atoms with E-state index < -0.39 is 12.0 Å². The maximum atomic E-state index is 12.1. The second kappa shape index (κ2) is 4.57. The van der Waals surface area contributed by atoms with Crippen molar-refractivity contribution in [1.29, 1.82) is 0 Å². The predicted octanol–water partition coefficient (Wildman–Crippen LogP) is 1.06. The summed E-state index contributed by atoms with van der Waals surface area (Å²) in [5.41, 5.74) is 0.629. The molecule has 1 N–H and O–H groups in total. The van der Waals surface area contributed by atoms with Gasteiger partial charge >= 0.3 is 5.97 Å². The standard InChI is InChI=1S/C11H14N2O4/c1-7-6-12-17-9(7)10(14)13-5-3-2-4-8(13)11(15)16/h6,8H,2-5H2,1H3,(H,15,16)/t8-/m0/s1. The van der Waals surface area contributed by atoms with Crippen molar-refractivity contribution >= 4 is 11.9 Å². The van der Waals surface area contributed by atoms with Crippen LogP contribution in [0, 0.1) is 6.92 Å². The topological polar surface area (TPSA) is 83.6 Å². The lowest BCUT2D eigenvalue weighted by Gasteiger charge is -2.32. The molecule has 1 aliphatic heterocycles. The van der Waals surface area contributed by atoms with Crippen molar-refractivity contribution in [2.24, 2.45) is 0 Å². The highest BCUT2D eigenvalue weighted by atomic mass is 16.5. The summed E-state index contributed by atoms with van der Waals surface area (Å²) in [6.07, 6.45) is 3.60. The van der Waals surface area contributed by atoms with Crippen LogP contribution in [0.2, 0.25) is 0 Å². The lowest BCUT2D eigenvalue weighted by molar-refractivity contribution is -0.143. The van der Waals surface area contributed by atoms with Crippen molar-refractivity contribution in [2.75, 3.05) is 6.54 Å². The van der Waals surface area contributed by atoms with E-state index in [4.69, 9.17) is 9.63 Å². The molecule has 1 aliphatic rings. The first-order valence-corrected chi connectivity index (χ1v) is 5.56. The van der Waals surface area contributed by atoms with Gasteiger partial charge < -0.3 is 14.5 Å². The molecule has 0 saturated carbocycles. The first-order valence-electron chi connectivity index (χ1n) is 5.56. The summed E-state index contributed by atoms with van der Waals surface area (Å²) in [6, 6.07) is -0.749. The number of carboxylic acid groups (broad SMARTS) is 1. The zero-order chi connectivity index (χ0) is 12.4. The third kappa shape index (κ3) is 2.15. The highest BCUT2D eigenvalue weighted by Gasteiger charge is 2.34. The molecule has 1 fully saturated rings. The molecule has 0 spiro atoms. The number of rotatable bonds is 2. The number of hydrogen-bond acceptors (Lipinski definition) is 4. The molecule has 1 atom stereocenters. The second-order valence-corrected chi connectivity index (χ2v) is 4.19. The fourth-order valence-electron chi connectivity index (χ4n) is 2.06. The maximum Gasteiger partial charge on any atom is 0.326 e. The Hall–Kier alpha value is -1.85. The van der Waals surface area contributed by atoms with Crippen LogP contribution in [0.5, 0.6) is 0 Å². The molecule has 6 heteroatoms. The number of likely N-dealkylation sites (tertiary alicyclic amines) is 1. The van der Waals surface area contributed by atoms with E-state index in [1.807, 2.05) is 0 Å². The number of aryl methyl sites for hydroxylation is 1. The molecule has 0 radical (unpaired) electrons. The summed E-state index contributed by atoms with van der Waals surface area (Å²) in [7, 11) is 0. The van der Waals surface area contributed by atoms with Crippen LogP contribution < -0.4 is 0 Å². The van der Waals surface area contributed by atoms with Crippen LogP contribution in [0.15, 0.2) is 10.7 Å². The van der Waals surface area contributed by atoms with Crippen LogP contribution in [0.4, 0.5) is 0 Å². The minimum Gasteiger partial charge on any atom is -0.480 e. The van der Waals surface area contributed by atoms with Crippen LogP contribution in [0.25, 0.3) is 0 Å². The van der Waals surface area contributed by atoms with Crippen molar-refractivity contribution < 1.29 is 19.2 Å². The first-order chi connectivity index (χ1) is 8.11.